The van der Waals surface area contributed by atoms with Crippen molar-refractivity contribution in [1.29, 1.82) is 5.26 Å². The minimum absolute atomic E-state index is 0.0678. The monoisotopic (exact) mass is 505 g/mol. The van der Waals surface area contributed by atoms with Crippen molar-refractivity contribution in [2.24, 2.45) is 11.1 Å². The number of thiophene rings is 1. The van der Waals surface area contributed by atoms with Crippen LogP contribution in [0.1, 0.15) is 71.8 Å². The Kier molecular flexibility index (Phi) is 6.00. The van der Waals surface area contributed by atoms with Crippen LogP contribution in [0.4, 0.5) is 9.39 Å². The number of esters is 1. The lowest BCUT2D eigenvalue weighted by molar-refractivity contribution is -0.118. The van der Waals surface area contributed by atoms with Crippen LogP contribution in [-0.2, 0) is 22.4 Å². The molecule has 0 bridgehead atoms. The summed E-state index contributed by atoms with van der Waals surface area (Å²) < 4.78 is 18.9. The van der Waals surface area contributed by atoms with Crippen molar-refractivity contribution >= 4 is 28.1 Å². The maximum Gasteiger partial charge on any atom is 0.341 e. The van der Waals surface area contributed by atoms with Crippen LogP contribution in [0.15, 0.2) is 46.9 Å². The van der Waals surface area contributed by atoms with Gasteiger partial charge in [0.1, 0.15) is 16.6 Å². The Balaban J connectivity index is 1.80. The van der Waals surface area contributed by atoms with Gasteiger partial charge >= 0.3 is 5.97 Å². The lowest BCUT2D eigenvalue weighted by Gasteiger charge is -2.43. The topological polar surface area (TPSA) is 96.4 Å². The van der Waals surface area contributed by atoms with Crippen LogP contribution in [0.5, 0.6) is 0 Å². The number of ketones is 1. The van der Waals surface area contributed by atoms with Crippen LogP contribution in [0.3, 0.4) is 0 Å². The number of nitrogens with two attached hydrogens (primary N) is 1. The van der Waals surface area contributed by atoms with Gasteiger partial charge in [0.15, 0.2) is 5.78 Å². The number of rotatable bonds is 3. The fraction of sp³-hybridized carbons (Fsp3) is 0.393. The first-order valence-electron chi connectivity index (χ1n) is 12.1. The Morgan fingerprint density at radius 3 is 2.58 bits per heavy atom. The fourth-order valence-electron chi connectivity index (χ4n) is 5.75. The molecule has 6 nitrogen and oxygen atoms in total. The van der Waals surface area contributed by atoms with Gasteiger partial charge in [-0.2, -0.15) is 5.26 Å². The normalized spacial score (nSPS) is 21.1. The zero-order chi connectivity index (χ0) is 25.8. The molecule has 2 aromatic rings. The summed E-state index contributed by atoms with van der Waals surface area (Å²) in [7, 11) is 1.36. The van der Waals surface area contributed by atoms with Crippen LogP contribution in [0, 0.1) is 22.6 Å². The molecule has 1 atom stereocenters. The van der Waals surface area contributed by atoms with Crippen molar-refractivity contribution in [2.45, 2.75) is 58.3 Å². The molecule has 1 aromatic heterocycles. The number of fused-ring (bicyclic) bond motifs is 1. The van der Waals surface area contributed by atoms with E-state index in [-0.39, 0.29) is 22.6 Å². The first-order valence-corrected chi connectivity index (χ1v) is 12.9. The molecule has 36 heavy (non-hydrogen) atoms. The number of allylic oxidation sites excluding steroid dienone is 3. The molecule has 2 aliphatic carbocycles. The van der Waals surface area contributed by atoms with Gasteiger partial charge in [-0.1, -0.05) is 26.0 Å². The van der Waals surface area contributed by atoms with Crippen molar-refractivity contribution in [3.8, 4) is 6.07 Å². The highest BCUT2D eigenvalue weighted by Gasteiger charge is 2.46. The van der Waals surface area contributed by atoms with Gasteiger partial charge in [0.05, 0.1) is 30.2 Å². The largest absolute Gasteiger partial charge is 0.465 e. The number of methoxy groups -OCH3 is 1. The number of hydrogen-bond acceptors (Lipinski definition) is 7. The number of halogens is 1. The predicted octanol–water partition coefficient (Wildman–Crippen LogP) is 5.49. The molecule has 3 aliphatic rings. The SMILES string of the molecule is COC(=O)c1c(N2C(N)=C(C#N)C(c3ccc(F)cc3)C3=C2CC(C)(C)CC3=O)sc2c1CCCC2. The highest BCUT2D eigenvalue weighted by atomic mass is 32.1. The summed E-state index contributed by atoms with van der Waals surface area (Å²) in [4.78, 5) is 29.6. The molecule has 1 unspecified atom stereocenters. The number of Topliss-reactive ketones (excluding diaryl/α,β-unsaturated/α-hetero) is 1. The number of nitriles is 1. The summed E-state index contributed by atoms with van der Waals surface area (Å²) in [6.45, 7) is 4.06. The quantitative estimate of drug-likeness (QED) is 0.554. The van der Waals surface area contributed by atoms with Crippen LogP contribution >= 0.6 is 11.3 Å². The minimum atomic E-state index is -0.693. The van der Waals surface area contributed by atoms with Crippen LogP contribution in [0.25, 0.3) is 0 Å². The summed E-state index contributed by atoms with van der Waals surface area (Å²) in [5, 5.41) is 10.9. The maximum atomic E-state index is 13.7. The van der Waals surface area contributed by atoms with E-state index in [0.29, 0.717) is 40.2 Å². The Bertz CT molecular complexity index is 1380. The average molecular weight is 506 g/mol. The molecule has 5 rings (SSSR count). The van der Waals surface area contributed by atoms with Crippen molar-refractivity contribution in [3.63, 3.8) is 0 Å². The summed E-state index contributed by atoms with van der Waals surface area (Å²) in [6.07, 6.45) is 4.51. The molecular formula is C28H28FN3O3S. The van der Waals surface area contributed by atoms with Gasteiger partial charge in [0, 0.05) is 22.6 Å². The van der Waals surface area contributed by atoms with Gasteiger partial charge in [-0.15, -0.1) is 11.3 Å². The number of benzene rings is 1. The Morgan fingerprint density at radius 1 is 1.22 bits per heavy atom. The smallest absolute Gasteiger partial charge is 0.341 e. The van der Waals surface area contributed by atoms with E-state index in [2.05, 4.69) is 6.07 Å². The summed E-state index contributed by atoms with van der Waals surface area (Å²) in [5.74, 6) is -1.41. The van der Waals surface area contributed by atoms with E-state index in [1.807, 2.05) is 13.8 Å². The highest BCUT2D eigenvalue weighted by Crippen LogP contribution is 2.53. The molecule has 0 saturated carbocycles. The lowest BCUT2D eigenvalue weighted by atomic mass is 9.68. The Labute approximate surface area is 213 Å². The van der Waals surface area contributed by atoms with E-state index < -0.39 is 17.7 Å². The molecule has 0 saturated heterocycles. The molecule has 2 heterocycles. The zero-order valence-corrected chi connectivity index (χ0v) is 21.4. The molecule has 2 N–H and O–H groups in total. The zero-order valence-electron chi connectivity index (χ0n) is 20.6. The van der Waals surface area contributed by atoms with E-state index >= 15 is 0 Å². The van der Waals surface area contributed by atoms with Gasteiger partial charge < -0.3 is 10.5 Å². The van der Waals surface area contributed by atoms with E-state index in [9.17, 15) is 19.2 Å². The second-order valence-electron chi connectivity index (χ2n) is 10.4. The van der Waals surface area contributed by atoms with Crippen LogP contribution in [-0.4, -0.2) is 18.9 Å². The molecule has 8 heteroatoms. The van der Waals surface area contributed by atoms with Gasteiger partial charge in [-0.05, 0) is 60.8 Å². The third-order valence-electron chi connectivity index (χ3n) is 7.33. The van der Waals surface area contributed by atoms with Crippen LogP contribution < -0.4 is 10.6 Å². The molecule has 0 amide bonds. The lowest BCUT2D eigenvalue weighted by Crippen LogP contribution is -2.42. The minimum Gasteiger partial charge on any atom is -0.465 e. The third-order valence-corrected chi connectivity index (χ3v) is 8.61. The number of carbonyl (C=O) groups excluding carboxylic acids is 2. The molecule has 0 fully saturated rings. The predicted molar refractivity (Wildman–Crippen MR) is 136 cm³/mol. The number of aryl methyl sites for hydroxylation is 1. The van der Waals surface area contributed by atoms with Crippen molar-refractivity contribution in [3.05, 3.63) is 74.3 Å². The van der Waals surface area contributed by atoms with Crippen LogP contribution in [0.2, 0.25) is 0 Å². The average Bonchev–Trinajstić information content (AvgIpc) is 3.21. The second-order valence-corrected chi connectivity index (χ2v) is 11.5. The fourth-order valence-corrected chi connectivity index (χ4v) is 7.17. The molecular weight excluding hydrogens is 477 g/mol. The first kappa shape index (κ1) is 24.3. The number of hydrogen-bond donors (Lipinski definition) is 1. The molecule has 0 radical (unpaired) electrons. The highest BCUT2D eigenvalue weighted by molar-refractivity contribution is 7.16. The standard InChI is InChI=1S/C28H28FN3O3S/c1-28(2)12-19-24(20(33)13-28)22(15-8-10-16(29)11-9-15)18(14-30)25(31)32(19)26-23(27(34)35-3)17-6-4-5-7-21(17)36-26/h8-11,22H,4-7,12-13,31H2,1-3H3. The van der Waals surface area contributed by atoms with Gasteiger partial charge in [0.25, 0.3) is 0 Å². The van der Waals surface area contributed by atoms with E-state index in [1.165, 1.54) is 30.6 Å². The van der Waals surface area contributed by atoms with Crippen molar-refractivity contribution < 1.29 is 18.7 Å². The Hall–Kier alpha value is -3.44. The molecule has 186 valence electrons. The van der Waals surface area contributed by atoms with E-state index in [0.717, 1.165) is 36.1 Å². The van der Waals surface area contributed by atoms with Gasteiger partial charge in [-0.25, -0.2) is 9.18 Å². The van der Waals surface area contributed by atoms with E-state index in [4.69, 9.17) is 10.5 Å². The number of ether oxygens (including phenoxy) is 1. The summed E-state index contributed by atoms with van der Waals surface area (Å²) in [6, 6.07) is 8.09. The van der Waals surface area contributed by atoms with Gasteiger partial charge in [-0.3, -0.25) is 9.69 Å². The van der Waals surface area contributed by atoms with Crippen molar-refractivity contribution in [1.82, 2.24) is 0 Å². The summed E-state index contributed by atoms with van der Waals surface area (Å²) >= 11 is 1.49. The molecule has 1 aromatic carbocycles. The molecule has 0 spiro atoms. The third kappa shape index (κ3) is 3.82. The molecule has 1 aliphatic heterocycles. The first-order chi connectivity index (χ1) is 17.2. The van der Waals surface area contributed by atoms with Gasteiger partial charge in [0.2, 0.25) is 0 Å². The Morgan fingerprint density at radius 2 is 1.92 bits per heavy atom. The number of anilines is 1. The van der Waals surface area contributed by atoms with Crippen molar-refractivity contribution in [2.75, 3.05) is 12.0 Å². The van der Waals surface area contributed by atoms with E-state index in [1.54, 1.807) is 17.0 Å². The number of nitrogens with zero attached hydrogens (tertiary/aromatic N) is 2. The summed E-state index contributed by atoms with van der Waals surface area (Å²) in [5.41, 5.74) is 9.91. The maximum absolute atomic E-state index is 13.7. The second kappa shape index (κ2) is 8.90. The number of carbonyl (C=O) groups is 2.